The van der Waals surface area contributed by atoms with E-state index in [1.54, 1.807) is 23.6 Å². The summed E-state index contributed by atoms with van der Waals surface area (Å²) in [5, 5.41) is 0. The number of hydrogen-bond donors (Lipinski definition) is 0. The molecule has 0 bridgehead atoms. The molecule has 113 heavy (non-hydrogen) atoms. The van der Waals surface area contributed by atoms with Gasteiger partial charge in [-0.05, 0) is 281 Å². The van der Waals surface area contributed by atoms with Crippen molar-refractivity contribution >= 4 is 0 Å². The van der Waals surface area contributed by atoms with E-state index in [0.29, 0.717) is 23.0 Å². The molecule has 0 N–H and O–H groups in total. The lowest BCUT2D eigenvalue weighted by Crippen LogP contribution is -2.27. The third kappa shape index (κ3) is 33.0. The summed E-state index contributed by atoms with van der Waals surface area (Å²) in [5.74, 6) is 0.862. The number of aryl methyl sites for hydroxylation is 7. The summed E-state index contributed by atoms with van der Waals surface area (Å²) in [6.45, 7) is 105. The average molecular weight is 1540 g/mol. The monoisotopic (exact) mass is 1540 g/mol. The zero-order valence-electron chi connectivity index (χ0n) is 87.7. The molecule has 0 saturated carbocycles. The van der Waals surface area contributed by atoms with Crippen LogP contribution in [-0.4, -0.2) is 0 Å². The Kier molecular flexibility index (Phi) is 36.2. The summed E-state index contributed by atoms with van der Waals surface area (Å²) in [4.78, 5) is 0. The van der Waals surface area contributed by atoms with Gasteiger partial charge in [-0.1, -0.05) is 428 Å². The summed E-state index contributed by atoms with van der Waals surface area (Å²) >= 11 is 0. The molecule has 0 aliphatic heterocycles. The summed E-state index contributed by atoms with van der Waals surface area (Å²) in [6.07, 6.45) is 4.97. The van der Waals surface area contributed by atoms with Gasteiger partial charge in [0.1, 0.15) is 0 Å². The van der Waals surface area contributed by atoms with E-state index in [1.807, 2.05) is 34.6 Å². The lowest BCUT2D eigenvalue weighted by atomic mass is 9.69. The Morgan fingerprint density at radius 1 is 0.221 bits per heavy atom. The van der Waals surface area contributed by atoms with Crippen molar-refractivity contribution < 1.29 is 6.85 Å². The van der Waals surface area contributed by atoms with Gasteiger partial charge in [0.15, 0.2) is 0 Å². The lowest BCUT2D eigenvalue weighted by molar-refractivity contribution is 0.498. The normalized spacial score (nSPS) is 13.1. The Bertz CT molecular complexity index is 4010. The molecule has 0 aliphatic rings. The highest BCUT2D eigenvalue weighted by Crippen LogP contribution is 2.44. The molecule has 0 radical (unpaired) electrons. The van der Waals surface area contributed by atoms with Crippen molar-refractivity contribution in [2.75, 3.05) is 0 Å². The molecule has 0 unspecified atom stereocenters. The summed E-state index contributed by atoms with van der Waals surface area (Å²) in [7, 11) is 0. The Hall–Kier alpha value is -6.24. The fourth-order valence-electron chi connectivity index (χ4n) is 17.1. The fraction of sp³-hybridized carbons (Fsp3) is 0.575. The Morgan fingerprint density at radius 2 is 0.442 bits per heavy atom. The second-order valence-corrected chi connectivity index (χ2v) is 44.2. The molecule has 8 aromatic rings. The topological polar surface area (TPSA) is 0 Å². The van der Waals surface area contributed by atoms with Crippen molar-refractivity contribution in [3.63, 3.8) is 0 Å². The predicted octanol–water partition coefficient (Wildman–Crippen LogP) is 35.2. The van der Waals surface area contributed by atoms with Crippen molar-refractivity contribution in [2.45, 2.75) is 428 Å². The van der Waals surface area contributed by atoms with Crippen LogP contribution in [0.25, 0.3) is 0 Å². The standard InChI is InChI=1S/C20H34.C18H30.C17H28.3C12H18.2C11H16/c1-8-15(9-2)17-13-12-14-18(16(10-3)11-4)19(17)20(5,6)7;1-16(2,3)13-11-10-12-14(17(4,5)6)15(13)18(7,8)9;1-12(2)13-10-9-11-14(16(3,4)5)15(13)17(6,7)8;3*1-9-7-6-8-10(2)11(9)12(3,4)5;2*1-9-7-5-6-8-10(9)11(2,3)4/h12-16H,8-11H2,1-7H3;10-12H,1-9H3;9-12H,1-8H3;3*6-8H,1-5H3;2*5-8H,1-4H3/i;;12D;;;;5D,6D,7D,8D;. The molecule has 0 nitrogen and oxygen atoms in total. The van der Waals surface area contributed by atoms with Crippen molar-refractivity contribution in [2.24, 2.45) is 0 Å². The minimum absolute atomic E-state index is 0.0670. The summed E-state index contributed by atoms with van der Waals surface area (Å²) in [6, 6.07) is 48.2. The van der Waals surface area contributed by atoms with Crippen LogP contribution in [0.1, 0.15) is 443 Å². The number of hydrogen-bond acceptors (Lipinski definition) is 0. The first kappa shape index (κ1) is 95.6. The zero-order valence-corrected chi connectivity index (χ0v) is 82.7. The van der Waals surface area contributed by atoms with E-state index in [4.69, 9.17) is 6.85 Å². The molecule has 0 saturated heterocycles. The molecule has 0 spiro atoms. The molecule has 8 rings (SSSR count). The van der Waals surface area contributed by atoms with Crippen LogP contribution in [-0.2, 0) is 59.6 Å². The van der Waals surface area contributed by atoms with E-state index in [1.165, 1.54) is 115 Å². The van der Waals surface area contributed by atoms with E-state index in [0.717, 1.165) is 5.56 Å². The van der Waals surface area contributed by atoms with Gasteiger partial charge >= 0.3 is 0 Å². The molecule has 630 valence electrons. The van der Waals surface area contributed by atoms with Crippen LogP contribution >= 0.6 is 0 Å². The molecule has 0 aliphatic carbocycles. The Morgan fingerprint density at radius 3 is 0.681 bits per heavy atom. The Balaban J connectivity index is 0.000000680. The fourth-order valence-corrected chi connectivity index (χ4v) is 17.1. The number of benzene rings is 8. The Labute approximate surface area is 711 Å². The van der Waals surface area contributed by atoms with Gasteiger partial charge in [-0.2, -0.15) is 0 Å². The molecule has 0 aromatic heterocycles. The number of rotatable bonds is 7. The molecule has 0 atom stereocenters. The van der Waals surface area contributed by atoms with Gasteiger partial charge in [-0.15, -0.1) is 0 Å². The smallest absolute Gasteiger partial charge is 0.0626 e. The van der Waals surface area contributed by atoms with E-state index >= 15 is 0 Å². The molecule has 0 heteroatoms. The van der Waals surface area contributed by atoms with Gasteiger partial charge < -0.3 is 0 Å². The maximum atomic E-state index is 8.39. The van der Waals surface area contributed by atoms with Crippen LogP contribution in [0.4, 0.5) is 0 Å². The average Bonchev–Trinajstić information content (AvgIpc) is 0.764. The van der Waals surface area contributed by atoms with E-state index in [9.17, 15) is 0 Å². The van der Waals surface area contributed by atoms with Crippen molar-refractivity contribution in [1.29, 1.82) is 0 Å². The zero-order chi connectivity index (χ0) is 92.6. The van der Waals surface area contributed by atoms with Crippen LogP contribution in [0.15, 0.2) is 158 Å². The van der Waals surface area contributed by atoms with Gasteiger partial charge in [0.25, 0.3) is 0 Å². The second kappa shape index (κ2) is 42.8. The largest absolute Gasteiger partial charge is 0.0648 e. The molecule has 0 fully saturated rings. The first-order valence-electron chi connectivity index (χ1n) is 45.8. The van der Waals surface area contributed by atoms with Crippen LogP contribution in [0, 0.1) is 55.4 Å². The first-order valence-corrected chi connectivity index (χ1v) is 43.3. The third-order valence-corrected chi connectivity index (χ3v) is 21.6. The minimum atomic E-state index is -0.552. The van der Waals surface area contributed by atoms with Crippen molar-refractivity contribution in [1.82, 2.24) is 0 Å². The molecule has 0 heterocycles. The maximum Gasteiger partial charge on any atom is 0.0626 e. The molecule has 8 aromatic carbocycles. The minimum Gasteiger partial charge on any atom is -0.0648 e. The van der Waals surface area contributed by atoms with Crippen molar-refractivity contribution in [3.8, 4) is 0 Å². The predicted molar refractivity (Wildman–Crippen MR) is 516 cm³/mol. The van der Waals surface area contributed by atoms with E-state index in [2.05, 4.69) is 417 Å². The van der Waals surface area contributed by atoms with Crippen LogP contribution in [0.3, 0.4) is 0 Å². The summed E-state index contributed by atoms with van der Waals surface area (Å²) < 4.78 is 39.1. The maximum absolute atomic E-state index is 8.39. The van der Waals surface area contributed by atoms with E-state index in [-0.39, 0.29) is 83.7 Å². The van der Waals surface area contributed by atoms with Gasteiger partial charge in [0.05, 0.1) is 5.48 Å². The van der Waals surface area contributed by atoms with E-state index < -0.39 is 5.89 Å². The SMILES string of the molecule is CC(C)(C)c1cccc(C(C)(C)C)c1C(C)(C)C.CCC(CC)c1cccc(C(CC)CC)c1C(C)(C)C.Cc1cccc(C)c1C(C)(C)C.Cc1cccc(C)c1C(C)(C)C.Cc1cccc(C)c1C(C)(C)C.Cc1ccccc1C(C)(C)C.[2H]C(C)(C)c1cccc(C(C)(C)C)c1C(C)(C)C.[2H]c1c([2H])c([2H])c(C(C)(C)C)c(C)c1[2H]. The van der Waals surface area contributed by atoms with Gasteiger partial charge in [-0.25, -0.2) is 0 Å². The molecular weight excluding hydrogens is 1360 g/mol. The molecule has 0 amide bonds. The summed E-state index contributed by atoms with van der Waals surface area (Å²) in [5.41, 5.74) is 32.1. The van der Waals surface area contributed by atoms with Crippen LogP contribution in [0.2, 0.25) is 0 Å². The van der Waals surface area contributed by atoms with Gasteiger partial charge in [-0.3, -0.25) is 0 Å². The highest BCUT2D eigenvalue weighted by molar-refractivity contribution is 5.49. The second-order valence-electron chi connectivity index (χ2n) is 44.2. The van der Waals surface area contributed by atoms with Gasteiger partial charge in [0.2, 0.25) is 0 Å². The van der Waals surface area contributed by atoms with Crippen LogP contribution < -0.4 is 0 Å². The first-order chi connectivity index (χ1) is 53.1. The van der Waals surface area contributed by atoms with Crippen LogP contribution in [0.5, 0.6) is 0 Å². The van der Waals surface area contributed by atoms with Gasteiger partial charge in [0, 0.05) is 1.37 Å². The highest BCUT2D eigenvalue weighted by Gasteiger charge is 2.33. The third-order valence-electron chi connectivity index (χ3n) is 21.6. The molecular formula is C113H178. The highest BCUT2D eigenvalue weighted by atomic mass is 14.4. The quantitative estimate of drug-likeness (QED) is 0.149. The van der Waals surface area contributed by atoms with Crippen molar-refractivity contribution in [3.05, 3.63) is 280 Å². The lowest BCUT2D eigenvalue weighted by Gasteiger charge is -2.36.